The number of nitrogens with one attached hydrogen (secondary N) is 1. The van der Waals surface area contributed by atoms with Gasteiger partial charge in [-0.3, -0.25) is 4.79 Å². The first-order chi connectivity index (χ1) is 15.0. The predicted molar refractivity (Wildman–Crippen MR) is 127 cm³/mol. The largest absolute Gasteiger partial charge is 0.383 e. The summed E-state index contributed by atoms with van der Waals surface area (Å²) in [5.74, 6) is 3.74. The highest BCUT2D eigenvalue weighted by atomic mass is 32.2. The maximum atomic E-state index is 12.8. The Kier molecular flexibility index (Phi) is 4.98. The molecule has 0 aromatic carbocycles. The number of thioether (sulfide) groups is 1. The first-order valence-corrected chi connectivity index (χ1v) is 13.8. The van der Waals surface area contributed by atoms with E-state index in [1.54, 1.807) is 11.3 Å². The number of amides is 1. The molecule has 4 fully saturated rings. The molecule has 5 aliphatic carbocycles. The smallest absolute Gasteiger partial charge is 0.230 e. The summed E-state index contributed by atoms with van der Waals surface area (Å²) >= 11 is 3.17. The SMILES string of the molecule is CC(NC(=O)CSc1nc(N)c2c3c(sc2n1)CCCC3)C12CC3CC(CC(C3)C1)C2. The average molecular weight is 457 g/mol. The van der Waals surface area contributed by atoms with Gasteiger partial charge in [-0.05, 0) is 99.9 Å². The molecule has 5 nitrogen and oxygen atoms in total. The first kappa shape index (κ1) is 20.3. The summed E-state index contributed by atoms with van der Waals surface area (Å²) in [7, 11) is 0. The van der Waals surface area contributed by atoms with Crippen LogP contribution < -0.4 is 11.1 Å². The Morgan fingerprint density at radius 1 is 1.16 bits per heavy atom. The lowest BCUT2D eigenvalue weighted by Crippen LogP contribution is -2.56. The van der Waals surface area contributed by atoms with Crippen LogP contribution >= 0.6 is 23.1 Å². The zero-order valence-electron chi connectivity index (χ0n) is 18.3. The van der Waals surface area contributed by atoms with E-state index in [-0.39, 0.29) is 11.9 Å². The Labute approximate surface area is 192 Å². The van der Waals surface area contributed by atoms with E-state index in [1.807, 2.05) is 0 Å². The molecule has 0 saturated heterocycles. The maximum absolute atomic E-state index is 12.8. The summed E-state index contributed by atoms with van der Waals surface area (Å²) in [4.78, 5) is 24.5. The lowest BCUT2D eigenvalue weighted by molar-refractivity contribution is -0.123. The van der Waals surface area contributed by atoms with E-state index in [1.165, 1.54) is 73.6 Å². The van der Waals surface area contributed by atoms with Crippen LogP contribution in [-0.2, 0) is 17.6 Å². The summed E-state index contributed by atoms with van der Waals surface area (Å²) in [5, 5.41) is 5.04. The fourth-order valence-electron chi connectivity index (χ4n) is 7.50. The molecule has 1 atom stereocenters. The van der Waals surface area contributed by atoms with E-state index < -0.39 is 0 Å². The maximum Gasteiger partial charge on any atom is 0.230 e. The van der Waals surface area contributed by atoms with Gasteiger partial charge in [0, 0.05) is 10.9 Å². The van der Waals surface area contributed by atoms with E-state index in [2.05, 4.69) is 17.2 Å². The third kappa shape index (κ3) is 3.56. The van der Waals surface area contributed by atoms with Gasteiger partial charge in [0.15, 0.2) is 5.16 Å². The van der Waals surface area contributed by atoms with Crippen molar-refractivity contribution >= 4 is 45.0 Å². The third-order valence-corrected chi connectivity index (χ3v) is 10.6. The van der Waals surface area contributed by atoms with Crippen LogP contribution in [0, 0.1) is 23.2 Å². The quantitative estimate of drug-likeness (QED) is 0.491. The van der Waals surface area contributed by atoms with Gasteiger partial charge in [0.05, 0.1) is 11.1 Å². The van der Waals surface area contributed by atoms with Gasteiger partial charge in [0.1, 0.15) is 10.6 Å². The van der Waals surface area contributed by atoms with Crippen molar-refractivity contribution in [2.24, 2.45) is 23.2 Å². The van der Waals surface area contributed by atoms with Crippen molar-refractivity contribution in [2.45, 2.75) is 82.3 Å². The molecule has 2 aromatic heterocycles. The zero-order chi connectivity index (χ0) is 21.2. The molecule has 166 valence electrons. The molecule has 7 heteroatoms. The van der Waals surface area contributed by atoms with Gasteiger partial charge in [0.25, 0.3) is 0 Å². The molecule has 1 unspecified atom stereocenters. The molecular formula is C24H32N4OS2. The van der Waals surface area contributed by atoms with E-state index in [9.17, 15) is 4.79 Å². The number of thiophene rings is 1. The van der Waals surface area contributed by atoms with Crippen LogP contribution in [0.15, 0.2) is 5.16 Å². The van der Waals surface area contributed by atoms with Crippen molar-refractivity contribution in [2.75, 3.05) is 11.5 Å². The van der Waals surface area contributed by atoms with Gasteiger partial charge in [-0.15, -0.1) is 11.3 Å². The van der Waals surface area contributed by atoms with Crippen molar-refractivity contribution < 1.29 is 4.79 Å². The van der Waals surface area contributed by atoms with Crippen LogP contribution in [0.1, 0.15) is 68.7 Å². The standard InChI is InChI=1S/C24H32N4OS2/c1-13(24-9-14-6-15(10-24)8-16(7-14)11-24)26-19(29)12-30-23-27-21(25)20-17-4-2-3-5-18(17)31-22(20)28-23/h13-16H,2-12H2,1H3,(H,26,29)(H2,25,27,28). The Morgan fingerprint density at radius 2 is 1.84 bits per heavy atom. The number of carbonyl (C=O) groups excluding carboxylic acids is 1. The van der Waals surface area contributed by atoms with Gasteiger partial charge < -0.3 is 11.1 Å². The van der Waals surface area contributed by atoms with Crippen LogP contribution in [0.2, 0.25) is 0 Å². The second-order valence-electron chi connectivity index (χ2n) is 10.6. The van der Waals surface area contributed by atoms with E-state index >= 15 is 0 Å². The fourth-order valence-corrected chi connectivity index (χ4v) is 9.49. The van der Waals surface area contributed by atoms with Crippen molar-refractivity contribution in [3.05, 3.63) is 10.4 Å². The zero-order valence-corrected chi connectivity index (χ0v) is 19.9. The van der Waals surface area contributed by atoms with E-state index in [4.69, 9.17) is 10.7 Å². The van der Waals surface area contributed by atoms with Crippen LogP contribution in [0.4, 0.5) is 5.82 Å². The van der Waals surface area contributed by atoms with E-state index in [0.29, 0.717) is 22.1 Å². The number of aryl methyl sites for hydroxylation is 2. The number of hydrogen-bond donors (Lipinski definition) is 2. The molecule has 31 heavy (non-hydrogen) atoms. The number of nitrogen functional groups attached to an aromatic ring is 1. The molecule has 1 amide bonds. The number of hydrogen-bond acceptors (Lipinski definition) is 6. The Morgan fingerprint density at radius 3 is 2.55 bits per heavy atom. The lowest BCUT2D eigenvalue weighted by Gasteiger charge is -2.59. The fraction of sp³-hybridized carbons (Fsp3) is 0.708. The molecule has 4 saturated carbocycles. The average Bonchev–Trinajstić information content (AvgIpc) is 3.10. The molecule has 0 spiro atoms. The lowest BCUT2D eigenvalue weighted by atomic mass is 9.48. The van der Waals surface area contributed by atoms with Crippen LogP contribution in [0.5, 0.6) is 0 Å². The van der Waals surface area contributed by atoms with Gasteiger partial charge in [-0.2, -0.15) is 0 Å². The minimum atomic E-state index is 0.0981. The summed E-state index contributed by atoms with van der Waals surface area (Å²) in [6.07, 6.45) is 12.9. The minimum Gasteiger partial charge on any atom is -0.383 e. The van der Waals surface area contributed by atoms with Gasteiger partial charge in [0.2, 0.25) is 5.91 Å². The monoisotopic (exact) mass is 456 g/mol. The molecule has 3 N–H and O–H groups in total. The first-order valence-electron chi connectivity index (χ1n) is 12.0. The summed E-state index contributed by atoms with van der Waals surface area (Å²) in [6, 6.07) is 0.256. The topological polar surface area (TPSA) is 80.9 Å². The van der Waals surface area contributed by atoms with Gasteiger partial charge in [-0.1, -0.05) is 11.8 Å². The Hall–Kier alpha value is -1.34. The molecule has 5 aliphatic rings. The van der Waals surface area contributed by atoms with Gasteiger partial charge >= 0.3 is 0 Å². The number of carbonyl (C=O) groups is 1. The molecule has 0 radical (unpaired) electrons. The Balaban J connectivity index is 1.12. The normalized spacial score (nSPS) is 32.2. The molecular weight excluding hydrogens is 424 g/mol. The third-order valence-electron chi connectivity index (χ3n) is 8.54. The second kappa shape index (κ2) is 7.62. The highest BCUT2D eigenvalue weighted by molar-refractivity contribution is 7.99. The van der Waals surface area contributed by atoms with Gasteiger partial charge in [-0.25, -0.2) is 9.97 Å². The number of nitrogens with zero attached hydrogens (tertiary/aromatic N) is 2. The van der Waals surface area contributed by atoms with Crippen molar-refractivity contribution in [1.29, 1.82) is 0 Å². The van der Waals surface area contributed by atoms with Crippen LogP contribution in [0.25, 0.3) is 10.2 Å². The molecule has 0 aliphatic heterocycles. The van der Waals surface area contributed by atoms with Crippen molar-refractivity contribution in [3.8, 4) is 0 Å². The number of nitrogens with two attached hydrogens (primary N) is 1. The summed E-state index contributed by atoms with van der Waals surface area (Å²) in [5.41, 5.74) is 8.03. The van der Waals surface area contributed by atoms with Crippen LogP contribution in [0.3, 0.4) is 0 Å². The van der Waals surface area contributed by atoms with Crippen molar-refractivity contribution in [3.63, 3.8) is 0 Å². The number of rotatable bonds is 5. The van der Waals surface area contributed by atoms with E-state index in [0.717, 1.165) is 40.8 Å². The molecule has 4 bridgehead atoms. The highest BCUT2D eigenvalue weighted by Crippen LogP contribution is 2.61. The summed E-state index contributed by atoms with van der Waals surface area (Å²) < 4.78 is 0. The summed E-state index contributed by atoms with van der Waals surface area (Å²) in [6.45, 7) is 2.24. The number of aromatic nitrogens is 2. The highest BCUT2D eigenvalue weighted by Gasteiger charge is 2.53. The predicted octanol–water partition coefficient (Wildman–Crippen LogP) is 4.97. The Bertz CT molecular complexity index is 997. The number of anilines is 1. The molecule has 2 aromatic rings. The number of fused-ring (bicyclic) bond motifs is 3. The molecule has 2 heterocycles. The minimum absolute atomic E-state index is 0.0981. The molecule has 7 rings (SSSR count). The van der Waals surface area contributed by atoms with Crippen molar-refractivity contribution in [1.82, 2.24) is 15.3 Å². The van der Waals surface area contributed by atoms with Crippen LogP contribution in [-0.4, -0.2) is 27.7 Å². The second-order valence-corrected chi connectivity index (χ2v) is 12.7.